The molecule has 0 bridgehead atoms. The van der Waals surface area contributed by atoms with Crippen LogP contribution in [0.3, 0.4) is 0 Å². The molecule has 34 heavy (non-hydrogen) atoms. The summed E-state index contributed by atoms with van der Waals surface area (Å²) in [6.07, 6.45) is 0.456. The van der Waals surface area contributed by atoms with Crippen LogP contribution in [0.4, 0.5) is 9.18 Å². The third-order valence-corrected chi connectivity index (χ3v) is 6.50. The van der Waals surface area contributed by atoms with Gasteiger partial charge in [0.05, 0.1) is 18.8 Å². The molecule has 0 saturated carbocycles. The van der Waals surface area contributed by atoms with Gasteiger partial charge in [-0.3, -0.25) is 4.90 Å². The SMILES string of the molecule is O=C(NCCc1ccccc1)N1CCN(Cc2nnn3c2CO[C@H](c2ccccc2F)C3)CC1. The van der Waals surface area contributed by atoms with Crippen molar-refractivity contribution in [2.24, 2.45) is 0 Å². The molecule has 178 valence electrons. The molecule has 1 N–H and O–H groups in total. The lowest BCUT2D eigenvalue weighted by Crippen LogP contribution is -2.51. The van der Waals surface area contributed by atoms with Crippen molar-refractivity contribution in [2.45, 2.75) is 32.2 Å². The van der Waals surface area contributed by atoms with Gasteiger partial charge in [-0.15, -0.1) is 5.10 Å². The quantitative estimate of drug-likeness (QED) is 0.607. The number of urea groups is 1. The third kappa shape index (κ3) is 5.10. The lowest BCUT2D eigenvalue weighted by atomic mass is 10.1. The summed E-state index contributed by atoms with van der Waals surface area (Å²) in [4.78, 5) is 16.6. The highest BCUT2D eigenvalue weighted by Crippen LogP contribution is 2.28. The van der Waals surface area contributed by atoms with Gasteiger partial charge in [0, 0.05) is 44.8 Å². The molecular formula is C25H29FN6O2. The van der Waals surface area contributed by atoms with Gasteiger partial charge in [0.2, 0.25) is 0 Å². The predicted octanol–water partition coefficient (Wildman–Crippen LogP) is 2.76. The van der Waals surface area contributed by atoms with Crippen molar-refractivity contribution in [3.05, 3.63) is 82.9 Å². The van der Waals surface area contributed by atoms with Crippen molar-refractivity contribution >= 4 is 6.03 Å². The summed E-state index contributed by atoms with van der Waals surface area (Å²) in [6.45, 7) is 4.98. The largest absolute Gasteiger partial charge is 0.365 e. The van der Waals surface area contributed by atoms with Crippen molar-refractivity contribution in [3.8, 4) is 0 Å². The summed E-state index contributed by atoms with van der Waals surface area (Å²) >= 11 is 0. The molecule has 0 radical (unpaired) electrons. The van der Waals surface area contributed by atoms with Crippen LogP contribution in [-0.2, 0) is 30.9 Å². The van der Waals surface area contributed by atoms with E-state index >= 15 is 0 Å². The van der Waals surface area contributed by atoms with E-state index in [0.29, 0.717) is 44.9 Å². The lowest BCUT2D eigenvalue weighted by Gasteiger charge is -2.34. The number of amides is 2. The van der Waals surface area contributed by atoms with Crippen molar-refractivity contribution in [1.29, 1.82) is 0 Å². The Morgan fingerprint density at radius 1 is 1.06 bits per heavy atom. The van der Waals surface area contributed by atoms with Crippen LogP contribution in [0.1, 0.15) is 28.6 Å². The van der Waals surface area contributed by atoms with E-state index in [9.17, 15) is 9.18 Å². The maximum absolute atomic E-state index is 14.1. The van der Waals surface area contributed by atoms with Crippen LogP contribution in [0.15, 0.2) is 54.6 Å². The first-order valence-corrected chi connectivity index (χ1v) is 11.7. The number of halogens is 1. The number of hydrogen-bond donors (Lipinski definition) is 1. The highest BCUT2D eigenvalue weighted by Gasteiger charge is 2.28. The molecule has 0 spiro atoms. The first-order chi connectivity index (χ1) is 16.7. The molecule has 3 heterocycles. The Morgan fingerprint density at radius 2 is 1.82 bits per heavy atom. The van der Waals surface area contributed by atoms with Gasteiger partial charge in [-0.05, 0) is 18.1 Å². The van der Waals surface area contributed by atoms with Crippen LogP contribution in [0.2, 0.25) is 0 Å². The molecule has 1 fully saturated rings. The van der Waals surface area contributed by atoms with E-state index in [1.54, 1.807) is 12.1 Å². The summed E-state index contributed by atoms with van der Waals surface area (Å²) in [7, 11) is 0. The third-order valence-electron chi connectivity index (χ3n) is 6.50. The Bertz CT molecular complexity index is 1110. The Kier molecular flexibility index (Phi) is 6.82. The van der Waals surface area contributed by atoms with Gasteiger partial charge in [0.1, 0.15) is 17.6 Å². The van der Waals surface area contributed by atoms with Gasteiger partial charge in [-0.25, -0.2) is 13.9 Å². The summed E-state index contributed by atoms with van der Waals surface area (Å²) < 4.78 is 21.9. The second-order valence-electron chi connectivity index (χ2n) is 8.72. The number of ether oxygens (including phenoxy) is 1. The topological polar surface area (TPSA) is 75.5 Å². The fourth-order valence-electron chi connectivity index (χ4n) is 4.50. The number of rotatable bonds is 6. The Labute approximate surface area is 198 Å². The molecular weight excluding hydrogens is 435 g/mol. The van der Waals surface area contributed by atoms with Gasteiger partial charge >= 0.3 is 6.03 Å². The number of fused-ring (bicyclic) bond motifs is 1. The van der Waals surface area contributed by atoms with Gasteiger partial charge in [0.25, 0.3) is 0 Å². The second kappa shape index (κ2) is 10.3. The number of nitrogens with one attached hydrogen (secondary N) is 1. The predicted molar refractivity (Wildman–Crippen MR) is 124 cm³/mol. The van der Waals surface area contributed by atoms with E-state index in [0.717, 1.165) is 30.9 Å². The zero-order chi connectivity index (χ0) is 23.3. The molecule has 0 aliphatic carbocycles. The van der Waals surface area contributed by atoms with Gasteiger partial charge in [-0.1, -0.05) is 53.7 Å². The first-order valence-electron chi connectivity index (χ1n) is 11.7. The molecule has 5 rings (SSSR count). The standard InChI is InChI=1S/C25H29FN6O2/c26-21-9-5-4-8-20(21)24-17-32-23(18-34-24)22(28-29-32)16-30-12-14-31(15-13-30)25(33)27-11-10-19-6-2-1-3-7-19/h1-9,24H,10-18H2,(H,27,33)/t24-/m0/s1. The maximum atomic E-state index is 14.1. The number of carbonyl (C=O) groups is 1. The number of benzene rings is 2. The Balaban J connectivity index is 1.09. The van der Waals surface area contributed by atoms with Gasteiger partial charge in [-0.2, -0.15) is 0 Å². The van der Waals surface area contributed by atoms with E-state index in [1.807, 2.05) is 33.8 Å². The van der Waals surface area contributed by atoms with E-state index in [4.69, 9.17) is 4.74 Å². The second-order valence-corrected chi connectivity index (χ2v) is 8.72. The maximum Gasteiger partial charge on any atom is 0.317 e. The normalized spacial score (nSPS) is 18.5. The number of carbonyl (C=O) groups excluding carboxylic acids is 1. The summed E-state index contributed by atoms with van der Waals surface area (Å²) in [5.74, 6) is -0.265. The van der Waals surface area contributed by atoms with E-state index in [-0.39, 0.29) is 18.0 Å². The summed E-state index contributed by atoms with van der Waals surface area (Å²) in [5, 5.41) is 11.7. The average Bonchev–Trinajstić information content (AvgIpc) is 3.27. The molecule has 3 aromatic rings. The number of aromatic nitrogens is 3. The molecule has 0 unspecified atom stereocenters. The van der Waals surface area contributed by atoms with Crippen LogP contribution < -0.4 is 5.32 Å². The first kappa shape index (κ1) is 22.5. The van der Waals surface area contributed by atoms with E-state index in [1.165, 1.54) is 11.6 Å². The van der Waals surface area contributed by atoms with Crippen molar-refractivity contribution in [2.75, 3.05) is 32.7 Å². The smallest absolute Gasteiger partial charge is 0.317 e. The van der Waals surface area contributed by atoms with Crippen LogP contribution in [0.5, 0.6) is 0 Å². The minimum atomic E-state index is -0.368. The summed E-state index contributed by atoms with van der Waals surface area (Å²) in [5.41, 5.74) is 3.58. The molecule has 2 aromatic carbocycles. The fourth-order valence-corrected chi connectivity index (χ4v) is 4.50. The Hall–Kier alpha value is -3.30. The van der Waals surface area contributed by atoms with Crippen molar-refractivity contribution in [3.63, 3.8) is 0 Å². The number of piperazine rings is 1. The molecule has 1 atom stereocenters. The molecule has 2 amide bonds. The van der Waals surface area contributed by atoms with Crippen molar-refractivity contribution in [1.82, 2.24) is 30.1 Å². The highest BCUT2D eigenvalue weighted by molar-refractivity contribution is 5.74. The van der Waals surface area contributed by atoms with Gasteiger partial charge < -0.3 is 15.0 Å². The van der Waals surface area contributed by atoms with Crippen molar-refractivity contribution < 1.29 is 13.9 Å². The van der Waals surface area contributed by atoms with E-state index < -0.39 is 0 Å². The fraction of sp³-hybridized carbons (Fsp3) is 0.400. The lowest BCUT2D eigenvalue weighted by molar-refractivity contribution is -0.00416. The number of nitrogens with zero attached hydrogens (tertiary/aromatic N) is 5. The molecule has 1 saturated heterocycles. The molecule has 9 heteroatoms. The zero-order valence-electron chi connectivity index (χ0n) is 19.1. The van der Waals surface area contributed by atoms with Crippen LogP contribution in [-0.4, -0.2) is 63.5 Å². The monoisotopic (exact) mass is 464 g/mol. The molecule has 8 nitrogen and oxygen atoms in total. The molecule has 2 aliphatic rings. The molecule has 1 aromatic heterocycles. The zero-order valence-corrected chi connectivity index (χ0v) is 19.1. The average molecular weight is 465 g/mol. The van der Waals surface area contributed by atoms with Gasteiger partial charge in [0.15, 0.2) is 0 Å². The van der Waals surface area contributed by atoms with Crippen LogP contribution in [0, 0.1) is 5.82 Å². The number of hydrogen-bond acceptors (Lipinski definition) is 5. The summed E-state index contributed by atoms with van der Waals surface area (Å²) in [6, 6.07) is 16.8. The minimum absolute atomic E-state index is 0.01000. The highest BCUT2D eigenvalue weighted by atomic mass is 19.1. The Morgan fingerprint density at radius 3 is 2.62 bits per heavy atom. The molecule has 2 aliphatic heterocycles. The van der Waals surface area contributed by atoms with E-state index in [2.05, 4.69) is 32.7 Å². The minimum Gasteiger partial charge on any atom is -0.365 e. The van der Waals surface area contributed by atoms with Crippen LogP contribution >= 0.6 is 0 Å². The van der Waals surface area contributed by atoms with Crippen LogP contribution in [0.25, 0.3) is 0 Å².